The Kier molecular flexibility index (Phi) is 3.10. The summed E-state index contributed by atoms with van der Waals surface area (Å²) in [5.74, 6) is -0.193. The normalized spacial score (nSPS) is 25.8. The van der Waals surface area contributed by atoms with Crippen LogP contribution in [-0.4, -0.2) is 32.0 Å². The molecular weight excluding hydrogens is 381 g/mol. The van der Waals surface area contributed by atoms with Crippen LogP contribution in [0.2, 0.25) is 0 Å². The number of nitrogens with zero attached hydrogens (tertiary/aromatic N) is 1. The summed E-state index contributed by atoms with van der Waals surface area (Å²) in [6, 6.07) is 6.30. The zero-order chi connectivity index (χ0) is 14.7. The first kappa shape index (κ1) is 14.0. The van der Waals surface area contributed by atoms with Crippen molar-refractivity contribution in [2.45, 2.75) is 36.9 Å². The number of hydrogen-bond donors (Lipinski definition) is 0. The Labute approximate surface area is 137 Å². The molecule has 0 unspecified atom stereocenters. The van der Waals surface area contributed by atoms with Crippen molar-refractivity contribution in [2.24, 2.45) is 0 Å². The first-order valence-electron chi connectivity index (χ1n) is 7.43. The number of carbonyl (C=O) groups is 1. The maximum absolute atomic E-state index is 12.9. The number of amides is 1. The highest BCUT2D eigenvalue weighted by Gasteiger charge is 2.55. The molecule has 3 aliphatic rings. The second-order valence-electron chi connectivity index (χ2n) is 6.22. The first-order chi connectivity index (χ1) is 10.1. The smallest absolute Gasteiger partial charge is 0.237 e. The molecule has 4 rings (SSSR count). The number of ether oxygens (including phenoxy) is 2. The van der Waals surface area contributed by atoms with Gasteiger partial charge in [0, 0.05) is 29.1 Å². The van der Waals surface area contributed by atoms with Gasteiger partial charge in [-0.15, -0.1) is 0 Å². The Hall–Kier alpha value is -0.660. The predicted octanol–water partition coefficient (Wildman–Crippen LogP) is 2.82. The zero-order valence-corrected chi connectivity index (χ0v) is 14.2. The van der Waals surface area contributed by atoms with E-state index < -0.39 is 5.79 Å². The van der Waals surface area contributed by atoms with Crippen molar-refractivity contribution in [1.29, 1.82) is 0 Å². The second-order valence-corrected chi connectivity index (χ2v) is 7.46. The third-order valence-corrected chi connectivity index (χ3v) is 5.90. The molecule has 1 aromatic carbocycles. The van der Waals surface area contributed by atoms with E-state index in [-0.39, 0.29) is 11.3 Å². The van der Waals surface area contributed by atoms with E-state index in [0.29, 0.717) is 13.2 Å². The number of hydrogen-bond acceptors (Lipinski definition) is 3. The molecule has 0 aromatic heterocycles. The molecule has 1 saturated heterocycles. The lowest BCUT2D eigenvalue weighted by Gasteiger charge is -2.40. The van der Waals surface area contributed by atoms with Gasteiger partial charge in [0.25, 0.3) is 0 Å². The van der Waals surface area contributed by atoms with Gasteiger partial charge in [-0.25, -0.2) is 0 Å². The zero-order valence-electron chi connectivity index (χ0n) is 12.0. The summed E-state index contributed by atoms with van der Waals surface area (Å²) in [5, 5.41) is 0. The lowest BCUT2D eigenvalue weighted by molar-refractivity contribution is -0.185. The fourth-order valence-electron chi connectivity index (χ4n) is 4.06. The summed E-state index contributed by atoms with van der Waals surface area (Å²) in [6.45, 7) is 1.35. The molecule has 2 fully saturated rings. The Morgan fingerprint density at radius 1 is 1.14 bits per heavy atom. The van der Waals surface area contributed by atoms with E-state index >= 15 is 0 Å². The van der Waals surface area contributed by atoms with Crippen LogP contribution in [0, 0.1) is 3.57 Å². The Morgan fingerprint density at radius 3 is 2.48 bits per heavy atom. The van der Waals surface area contributed by atoms with E-state index in [0.717, 1.165) is 31.4 Å². The molecule has 2 heterocycles. The molecular formula is C16H18INO3. The first-order valence-corrected chi connectivity index (χ1v) is 8.50. The SMILES string of the molecule is CN1C(=O)C2(CCC3(CC2)OCCO3)c2cc(I)ccc21. The van der Waals surface area contributed by atoms with Gasteiger partial charge in [-0.2, -0.15) is 0 Å². The van der Waals surface area contributed by atoms with E-state index in [1.54, 1.807) is 0 Å². The fourth-order valence-corrected chi connectivity index (χ4v) is 4.55. The van der Waals surface area contributed by atoms with Crippen LogP contribution in [-0.2, 0) is 19.7 Å². The van der Waals surface area contributed by atoms with Crippen molar-refractivity contribution in [3.8, 4) is 0 Å². The lowest BCUT2D eigenvalue weighted by atomic mass is 9.68. The summed E-state index contributed by atoms with van der Waals surface area (Å²) in [4.78, 5) is 14.7. The molecule has 0 radical (unpaired) electrons. The molecule has 21 heavy (non-hydrogen) atoms. The Morgan fingerprint density at radius 2 is 1.81 bits per heavy atom. The van der Waals surface area contributed by atoms with E-state index in [1.165, 1.54) is 9.13 Å². The Balaban J connectivity index is 1.72. The van der Waals surface area contributed by atoms with Gasteiger partial charge in [-0.1, -0.05) is 0 Å². The van der Waals surface area contributed by atoms with Gasteiger partial charge in [-0.3, -0.25) is 4.79 Å². The van der Waals surface area contributed by atoms with E-state index in [4.69, 9.17) is 9.47 Å². The minimum atomic E-state index is -0.422. The molecule has 4 nitrogen and oxygen atoms in total. The molecule has 0 bridgehead atoms. The van der Waals surface area contributed by atoms with E-state index in [9.17, 15) is 4.79 Å². The van der Waals surface area contributed by atoms with Crippen molar-refractivity contribution in [1.82, 2.24) is 0 Å². The number of anilines is 1. The maximum Gasteiger partial charge on any atom is 0.237 e. The number of fused-ring (bicyclic) bond motifs is 2. The van der Waals surface area contributed by atoms with Crippen LogP contribution in [0.5, 0.6) is 0 Å². The monoisotopic (exact) mass is 399 g/mol. The topological polar surface area (TPSA) is 38.8 Å². The summed E-state index contributed by atoms with van der Waals surface area (Å²) >= 11 is 2.32. The molecule has 0 N–H and O–H groups in total. The minimum Gasteiger partial charge on any atom is -0.348 e. The highest BCUT2D eigenvalue weighted by molar-refractivity contribution is 14.1. The number of benzene rings is 1. The molecule has 1 aromatic rings. The standard InChI is InChI=1S/C16H18INO3/c1-18-13-3-2-11(17)10-12(13)15(14(18)19)4-6-16(7-5-15)20-8-9-21-16/h2-3,10H,4-9H2,1H3. The van der Waals surface area contributed by atoms with Gasteiger partial charge >= 0.3 is 0 Å². The van der Waals surface area contributed by atoms with Gasteiger partial charge in [0.05, 0.1) is 18.6 Å². The van der Waals surface area contributed by atoms with Crippen molar-refractivity contribution < 1.29 is 14.3 Å². The van der Waals surface area contributed by atoms with Crippen LogP contribution in [0.1, 0.15) is 31.2 Å². The number of carbonyl (C=O) groups excluding carboxylic acids is 1. The van der Waals surface area contributed by atoms with Gasteiger partial charge in [0.1, 0.15) is 0 Å². The molecule has 5 heteroatoms. The van der Waals surface area contributed by atoms with Gasteiger partial charge in [0.2, 0.25) is 5.91 Å². The van der Waals surface area contributed by atoms with Gasteiger partial charge < -0.3 is 14.4 Å². The van der Waals surface area contributed by atoms with Crippen molar-refractivity contribution >= 4 is 34.2 Å². The highest BCUT2D eigenvalue weighted by Crippen LogP contribution is 2.53. The molecule has 2 spiro atoms. The van der Waals surface area contributed by atoms with Crippen molar-refractivity contribution in [2.75, 3.05) is 25.2 Å². The number of rotatable bonds is 0. The molecule has 2 aliphatic heterocycles. The average molecular weight is 399 g/mol. The largest absolute Gasteiger partial charge is 0.348 e. The van der Waals surface area contributed by atoms with Crippen LogP contribution in [0.25, 0.3) is 0 Å². The Bertz CT molecular complexity index is 600. The quantitative estimate of drug-likeness (QED) is 0.630. The molecule has 0 atom stereocenters. The van der Waals surface area contributed by atoms with E-state index in [1.807, 2.05) is 11.9 Å². The van der Waals surface area contributed by atoms with Crippen LogP contribution >= 0.6 is 22.6 Å². The van der Waals surface area contributed by atoms with Crippen molar-refractivity contribution in [3.63, 3.8) is 0 Å². The second kappa shape index (κ2) is 4.67. The third-order valence-electron chi connectivity index (χ3n) is 5.23. The van der Waals surface area contributed by atoms with Crippen molar-refractivity contribution in [3.05, 3.63) is 27.3 Å². The lowest BCUT2D eigenvalue weighted by Crippen LogP contribution is -2.47. The molecule has 1 saturated carbocycles. The molecule has 1 aliphatic carbocycles. The van der Waals surface area contributed by atoms with Crippen LogP contribution in [0.15, 0.2) is 18.2 Å². The fraction of sp³-hybridized carbons (Fsp3) is 0.562. The number of halogens is 1. The third kappa shape index (κ3) is 1.90. The molecule has 1 amide bonds. The molecule has 112 valence electrons. The van der Waals surface area contributed by atoms with Gasteiger partial charge in [-0.05, 0) is 59.2 Å². The van der Waals surface area contributed by atoms with Crippen LogP contribution in [0.4, 0.5) is 5.69 Å². The maximum atomic E-state index is 12.9. The van der Waals surface area contributed by atoms with Crippen LogP contribution in [0.3, 0.4) is 0 Å². The van der Waals surface area contributed by atoms with Crippen LogP contribution < -0.4 is 4.90 Å². The van der Waals surface area contributed by atoms with Gasteiger partial charge in [0.15, 0.2) is 5.79 Å². The summed E-state index contributed by atoms with van der Waals surface area (Å²) < 4.78 is 12.8. The number of likely N-dealkylation sites (N-methyl/N-ethyl adjacent to an activating group) is 1. The highest BCUT2D eigenvalue weighted by atomic mass is 127. The summed E-state index contributed by atoms with van der Waals surface area (Å²) in [7, 11) is 1.88. The summed E-state index contributed by atoms with van der Waals surface area (Å²) in [6.07, 6.45) is 3.22. The van der Waals surface area contributed by atoms with E-state index in [2.05, 4.69) is 40.8 Å². The summed E-state index contributed by atoms with van der Waals surface area (Å²) in [5.41, 5.74) is 1.88. The minimum absolute atomic E-state index is 0.229. The average Bonchev–Trinajstić information content (AvgIpc) is 3.02. The predicted molar refractivity (Wildman–Crippen MR) is 87.4 cm³/mol.